The van der Waals surface area contributed by atoms with Crippen molar-refractivity contribution in [2.45, 2.75) is 25.8 Å². The van der Waals surface area contributed by atoms with Gasteiger partial charge in [0.1, 0.15) is 5.75 Å². The minimum absolute atomic E-state index is 0.129. The number of amides is 2. The Morgan fingerprint density at radius 1 is 1.44 bits per heavy atom. The lowest BCUT2D eigenvalue weighted by molar-refractivity contribution is 0.251. The quantitative estimate of drug-likeness (QED) is 0.821. The summed E-state index contributed by atoms with van der Waals surface area (Å²) in [4.78, 5) is 11.5. The number of carbonyl (C=O) groups excluding carboxylic acids is 1. The number of benzene rings is 1. The molecule has 4 nitrogen and oxygen atoms in total. The molecule has 2 rings (SSSR count). The molecule has 0 aliphatic heterocycles. The van der Waals surface area contributed by atoms with Gasteiger partial charge in [0.2, 0.25) is 0 Å². The van der Waals surface area contributed by atoms with Gasteiger partial charge in [-0.2, -0.15) is 0 Å². The first-order valence-corrected chi connectivity index (χ1v) is 5.41. The molecule has 1 fully saturated rings. The summed E-state index contributed by atoms with van der Waals surface area (Å²) in [5.41, 5.74) is 1.81. The van der Waals surface area contributed by atoms with Crippen LogP contribution in [0.2, 0.25) is 0 Å². The number of anilines is 1. The minimum Gasteiger partial charge on any atom is -0.497 e. The summed E-state index contributed by atoms with van der Waals surface area (Å²) in [7, 11) is 1.63. The van der Waals surface area contributed by atoms with E-state index in [0.717, 1.165) is 29.8 Å². The average molecular weight is 220 g/mol. The van der Waals surface area contributed by atoms with E-state index in [4.69, 9.17) is 4.74 Å². The Labute approximate surface area is 95.0 Å². The van der Waals surface area contributed by atoms with Gasteiger partial charge in [0.15, 0.2) is 0 Å². The third kappa shape index (κ3) is 2.66. The SMILES string of the molecule is COc1ccc(NC(=O)NC2CC2)c(C)c1. The molecule has 0 radical (unpaired) electrons. The van der Waals surface area contributed by atoms with Gasteiger partial charge >= 0.3 is 6.03 Å². The number of ether oxygens (including phenoxy) is 1. The van der Waals surface area contributed by atoms with Gasteiger partial charge in [-0.1, -0.05) is 0 Å². The molecule has 0 saturated heterocycles. The Morgan fingerprint density at radius 3 is 2.75 bits per heavy atom. The van der Waals surface area contributed by atoms with Crippen LogP contribution in [0.5, 0.6) is 5.75 Å². The van der Waals surface area contributed by atoms with Crippen LogP contribution in [-0.2, 0) is 0 Å². The van der Waals surface area contributed by atoms with Gasteiger partial charge in [0.05, 0.1) is 7.11 Å². The van der Waals surface area contributed by atoms with Crippen molar-refractivity contribution in [3.05, 3.63) is 23.8 Å². The highest BCUT2D eigenvalue weighted by molar-refractivity contribution is 5.90. The molecule has 0 aromatic heterocycles. The predicted molar refractivity (Wildman–Crippen MR) is 62.9 cm³/mol. The zero-order valence-electron chi connectivity index (χ0n) is 9.54. The molecule has 0 atom stereocenters. The number of aryl methyl sites for hydroxylation is 1. The van der Waals surface area contributed by atoms with Crippen molar-refractivity contribution in [1.29, 1.82) is 0 Å². The van der Waals surface area contributed by atoms with E-state index in [1.54, 1.807) is 7.11 Å². The van der Waals surface area contributed by atoms with Gasteiger partial charge in [-0.25, -0.2) is 4.79 Å². The first kappa shape index (κ1) is 10.8. The maximum absolute atomic E-state index is 11.5. The second kappa shape index (κ2) is 4.43. The molecule has 1 aromatic rings. The van der Waals surface area contributed by atoms with Crippen molar-refractivity contribution in [3.63, 3.8) is 0 Å². The molecule has 4 heteroatoms. The predicted octanol–water partition coefficient (Wildman–Crippen LogP) is 2.29. The summed E-state index contributed by atoms with van der Waals surface area (Å²) < 4.78 is 5.10. The summed E-state index contributed by atoms with van der Waals surface area (Å²) in [5.74, 6) is 0.797. The Hall–Kier alpha value is -1.71. The molecule has 1 aliphatic rings. The third-order valence-corrected chi connectivity index (χ3v) is 2.59. The van der Waals surface area contributed by atoms with Crippen LogP contribution >= 0.6 is 0 Å². The van der Waals surface area contributed by atoms with Crippen LogP contribution in [0.4, 0.5) is 10.5 Å². The molecule has 0 heterocycles. The molecule has 0 bridgehead atoms. The normalized spacial score (nSPS) is 14.4. The molecular formula is C12H16N2O2. The van der Waals surface area contributed by atoms with Crippen LogP contribution in [-0.4, -0.2) is 19.2 Å². The number of carbonyl (C=O) groups is 1. The van der Waals surface area contributed by atoms with Gasteiger partial charge in [0.25, 0.3) is 0 Å². The van der Waals surface area contributed by atoms with Crippen molar-refractivity contribution in [3.8, 4) is 5.75 Å². The zero-order chi connectivity index (χ0) is 11.5. The third-order valence-electron chi connectivity index (χ3n) is 2.59. The summed E-state index contributed by atoms with van der Waals surface area (Å²) in [6, 6.07) is 5.82. The molecule has 16 heavy (non-hydrogen) atoms. The number of nitrogens with one attached hydrogen (secondary N) is 2. The highest BCUT2D eigenvalue weighted by atomic mass is 16.5. The molecule has 1 aromatic carbocycles. The Bertz CT molecular complexity index is 400. The van der Waals surface area contributed by atoms with E-state index in [1.807, 2.05) is 25.1 Å². The highest BCUT2D eigenvalue weighted by Crippen LogP contribution is 2.22. The molecular weight excluding hydrogens is 204 g/mol. The lowest BCUT2D eigenvalue weighted by atomic mass is 10.2. The molecule has 1 saturated carbocycles. The minimum atomic E-state index is -0.129. The Kier molecular flexibility index (Phi) is 2.99. The van der Waals surface area contributed by atoms with E-state index < -0.39 is 0 Å². The van der Waals surface area contributed by atoms with Gasteiger partial charge in [0, 0.05) is 11.7 Å². The van der Waals surface area contributed by atoms with E-state index in [2.05, 4.69) is 10.6 Å². The standard InChI is InChI=1S/C12H16N2O2/c1-8-7-10(16-2)5-6-11(8)14-12(15)13-9-3-4-9/h5-7,9H,3-4H2,1-2H3,(H2,13,14,15). The first-order chi connectivity index (χ1) is 7.69. The smallest absolute Gasteiger partial charge is 0.319 e. The van der Waals surface area contributed by atoms with Crippen molar-refractivity contribution < 1.29 is 9.53 Å². The second-order valence-corrected chi connectivity index (χ2v) is 4.05. The Balaban J connectivity index is 1.99. The second-order valence-electron chi connectivity index (χ2n) is 4.05. The van der Waals surface area contributed by atoms with E-state index in [9.17, 15) is 4.79 Å². The summed E-state index contributed by atoms with van der Waals surface area (Å²) in [6.07, 6.45) is 2.18. The maximum atomic E-state index is 11.5. The molecule has 2 N–H and O–H groups in total. The van der Waals surface area contributed by atoms with E-state index in [0.29, 0.717) is 6.04 Å². The molecule has 0 spiro atoms. The van der Waals surface area contributed by atoms with Crippen LogP contribution in [0.3, 0.4) is 0 Å². The lowest BCUT2D eigenvalue weighted by Crippen LogP contribution is -2.30. The summed E-state index contributed by atoms with van der Waals surface area (Å²) in [6.45, 7) is 1.94. The van der Waals surface area contributed by atoms with E-state index >= 15 is 0 Å². The van der Waals surface area contributed by atoms with Gasteiger partial charge in [-0.15, -0.1) is 0 Å². The number of urea groups is 1. The van der Waals surface area contributed by atoms with Crippen LogP contribution in [0.25, 0.3) is 0 Å². The van der Waals surface area contributed by atoms with E-state index in [-0.39, 0.29) is 6.03 Å². The van der Waals surface area contributed by atoms with Gasteiger partial charge in [-0.05, 0) is 43.5 Å². The Morgan fingerprint density at radius 2 is 2.19 bits per heavy atom. The van der Waals surface area contributed by atoms with E-state index in [1.165, 1.54) is 0 Å². The van der Waals surface area contributed by atoms with Gasteiger partial charge in [-0.3, -0.25) is 0 Å². The fourth-order valence-electron chi connectivity index (χ4n) is 1.47. The number of hydrogen-bond acceptors (Lipinski definition) is 2. The maximum Gasteiger partial charge on any atom is 0.319 e. The van der Waals surface area contributed by atoms with Crippen LogP contribution in [0.1, 0.15) is 18.4 Å². The summed E-state index contributed by atoms with van der Waals surface area (Å²) in [5, 5.41) is 5.70. The average Bonchev–Trinajstić information content (AvgIpc) is 3.05. The van der Waals surface area contributed by atoms with Crippen molar-refractivity contribution in [2.24, 2.45) is 0 Å². The largest absolute Gasteiger partial charge is 0.497 e. The lowest BCUT2D eigenvalue weighted by Gasteiger charge is -2.10. The van der Waals surface area contributed by atoms with Crippen LogP contribution in [0.15, 0.2) is 18.2 Å². The number of hydrogen-bond donors (Lipinski definition) is 2. The van der Waals surface area contributed by atoms with Crippen molar-refractivity contribution in [2.75, 3.05) is 12.4 Å². The fraction of sp³-hybridized carbons (Fsp3) is 0.417. The number of methoxy groups -OCH3 is 1. The molecule has 1 aliphatic carbocycles. The zero-order valence-corrected chi connectivity index (χ0v) is 9.54. The monoisotopic (exact) mass is 220 g/mol. The molecule has 0 unspecified atom stereocenters. The summed E-state index contributed by atoms with van der Waals surface area (Å²) >= 11 is 0. The van der Waals surface area contributed by atoms with Gasteiger partial charge < -0.3 is 15.4 Å². The topological polar surface area (TPSA) is 50.4 Å². The van der Waals surface area contributed by atoms with Crippen LogP contribution < -0.4 is 15.4 Å². The van der Waals surface area contributed by atoms with Crippen molar-refractivity contribution >= 4 is 11.7 Å². The first-order valence-electron chi connectivity index (χ1n) is 5.41. The fourth-order valence-corrected chi connectivity index (χ4v) is 1.47. The number of rotatable bonds is 3. The molecule has 86 valence electrons. The highest BCUT2D eigenvalue weighted by Gasteiger charge is 2.23. The molecule has 2 amide bonds. The van der Waals surface area contributed by atoms with Crippen molar-refractivity contribution in [1.82, 2.24) is 5.32 Å². The van der Waals surface area contributed by atoms with Crippen LogP contribution in [0, 0.1) is 6.92 Å².